The summed E-state index contributed by atoms with van der Waals surface area (Å²) in [6.45, 7) is 4.35. The maximum atomic E-state index is 12.3. The standard InChI is InChI=1S/C13H14F3NO2/c1-8(2)10-7-18-12(17-10)9-5-3-4-6-11(9)19-13(14,15)16/h3-6,8,10H,7H2,1-2H3. The van der Waals surface area contributed by atoms with E-state index in [9.17, 15) is 13.2 Å². The molecule has 0 amide bonds. The Bertz CT molecular complexity index is 483. The fourth-order valence-corrected chi connectivity index (χ4v) is 1.74. The summed E-state index contributed by atoms with van der Waals surface area (Å²) in [6, 6.07) is 5.81. The van der Waals surface area contributed by atoms with Crippen molar-refractivity contribution < 1.29 is 22.6 Å². The minimum atomic E-state index is -4.73. The van der Waals surface area contributed by atoms with Crippen molar-refractivity contribution in [3.8, 4) is 5.75 Å². The van der Waals surface area contributed by atoms with Crippen LogP contribution < -0.4 is 4.74 Å². The van der Waals surface area contributed by atoms with Gasteiger partial charge >= 0.3 is 6.36 Å². The summed E-state index contributed by atoms with van der Waals surface area (Å²) in [6.07, 6.45) is -4.73. The van der Waals surface area contributed by atoms with Crippen LogP contribution in [-0.4, -0.2) is 24.9 Å². The lowest BCUT2D eigenvalue weighted by atomic mass is 10.1. The van der Waals surface area contributed by atoms with Crippen LogP contribution in [-0.2, 0) is 4.74 Å². The third-order valence-electron chi connectivity index (χ3n) is 2.79. The van der Waals surface area contributed by atoms with Gasteiger partial charge in [-0.3, -0.25) is 0 Å². The Morgan fingerprint density at radius 3 is 2.58 bits per heavy atom. The average molecular weight is 273 g/mol. The number of ether oxygens (including phenoxy) is 2. The van der Waals surface area contributed by atoms with Gasteiger partial charge in [-0.1, -0.05) is 26.0 Å². The minimum absolute atomic E-state index is 0.0334. The Balaban J connectivity index is 2.28. The SMILES string of the molecule is CC(C)C1COC(c2ccccc2OC(F)(F)F)=N1. The molecule has 0 spiro atoms. The molecule has 0 aromatic heterocycles. The number of para-hydroxylation sites is 1. The van der Waals surface area contributed by atoms with Crippen molar-refractivity contribution in [3.63, 3.8) is 0 Å². The van der Waals surface area contributed by atoms with Gasteiger partial charge in [-0.05, 0) is 18.1 Å². The molecule has 1 aliphatic rings. The van der Waals surface area contributed by atoms with Gasteiger partial charge in [-0.15, -0.1) is 13.2 Å². The molecule has 1 unspecified atom stereocenters. The number of aliphatic imine (C=N–C) groups is 1. The van der Waals surface area contributed by atoms with Crippen LogP contribution in [0.4, 0.5) is 13.2 Å². The molecule has 0 saturated heterocycles. The van der Waals surface area contributed by atoms with Crippen molar-refractivity contribution in [1.29, 1.82) is 0 Å². The van der Waals surface area contributed by atoms with E-state index in [1.807, 2.05) is 13.8 Å². The van der Waals surface area contributed by atoms with Crippen molar-refractivity contribution in [2.45, 2.75) is 26.3 Å². The molecule has 0 radical (unpaired) electrons. The second-order valence-electron chi connectivity index (χ2n) is 4.60. The fraction of sp³-hybridized carbons (Fsp3) is 0.462. The van der Waals surface area contributed by atoms with E-state index in [2.05, 4.69) is 9.73 Å². The molecule has 19 heavy (non-hydrogen) atoms. The summed E-state index contributed by atoms with van der Waals surface area (Å²) >= 11 is 0. The first-order valence-electron chi connectivity index (χ1n) is 5.92. The number of hydrogen-bond donors (Lipinski definition) is 0. The Morgan fingerprint density at radius 2 is 2.00 bits per heavy atom. The lowest BCUT2D eigenvalue weighted by Crippen LogP contribution is -2.19. The highest BCUT2D eigenvalue weighted by molar-refractivity contribution is 5.97. The summed E-state index contributed by atoms with van der Waals surface area (Å²) in [5, 5.41) is 0. The molecule has 3 nitrogen and oxygen atoms in total. The number of rotatable bonds is 3. The van der Waals surface area contributed by atoms with Crippen LogP contribution in [0.15, 0.2) is 29.3 Å². The van der Waals surface area contributed by atoms with Crippen LogP contribution in [0, 0.1) is 5.92 Å². The molecule has 0 bridgehead atoms. The third-order valence-corrected chi connectivity index (χ3v) is 2.79. The van der Waals surface area contributed by atoms with E-state index < -0.39 is 6.36 Å². The van der Waals surface area contributed by atoms with E-state index in [1.54, 1.807) is 6.07 Å². The van der Waals surface area contributed by atoms with Crippen LogP contribution in [0.5, 0.6) is 5.75 Å². The van der Waals surface area contributed by atoms with Gasteiger partial charge in [0.15, 0.2) is 0 Å². The molecular weight excluding hydrogens is 259 g/mol. The zero-order valence-electron chi connectivity index (χ0n) is 10.6. The number of alkyl halides is 3. The molecule has 1 aliphatic heterocycles. The second-order valence-corrected chi connectivity index (χ2v) is 4.60. The fourth-order valence-electron chi connectivity index (χ4n) is 1.74. The normalized spacial score (nSPS) is 19.3. The summed E-state index contributed by atoms with van der Waals surface area (Å²) in [5.41, 5.74) is 0.225. The Morgan fingerprint density at radius 1 is 1.32 bits per heavy atom. The molecule has 0 N–H and O–H groups in total. The highest BCUT2D eigenvalue weighted by Crippen LogP contribution is 2.29. The molecule has 6 heteroatoms. The van der Waals surface area contributed by atoms with E-state index in [0.29, 0.717) is 6.61 Å². The Labute approximate surface area is 109 Å². The summed E-state index contributed by atoms with van der Waals surface area (Å²) < 4.78 is 46.3. The van der Waals surface area contributed by atoms with Gasteiger partial charge in [0.1, 0.15) is 12.4 Å². The second kappa shape index (κ2) is 5.11. The van der Waals surface area contributed by atoms with Crippen molar-refractivity contribution in [1.82, 2.24) is 0 Å². The number of nitrogens with zero attached hydrogens (tertiary/aromatic N) is 1. The highest BCUT2D eigenvalue weighted by Gasteiger charge is 2.33. The first-order chi connectivity index (χ1) is 8.87. The van der Waals surface area contributed by atoms with E-state index >= 15 is 0 Å². The maximum Gasteiger partial charge on any atom is 0.573 e. The Kier molecular flexibility index (Phi) is 3.68. The smallest absolute Gasteiger partial charge is 0.475 e. The quantitative estimate of drug-likeness (QED) is 0.845. The molecule has 1 heterocycles. The van der Waals surface area contributed by atoms with Crippen molar-refractivity contribution in [2.75, 3.05) is 6.61 Å². The summed E-state index contributed by atoms with van der Waals surface area (Å²) in [4.78, 5) is 4.30. The number of halogens is 3. The third kappa shape index (κ3) is 3.39. The zero-order valence-corrected chi connectivity index (χ0v) is 10.6. The molecule has 1 aromatic carbocycles. The van der Waals surface area contributed by atoms with E-state index in [-0.39, 0.29) is 29.2 Å². The highest BCUT2D eigenvalue weighted by atomic mass is 19.4. The van der Waals surface area contributed by atoms with Crippen molar-refractivity contribution in [2.24, 2.45) is 10.9 Å². The first-order valence-corrected chi connectivity index (χ1v) is 5.92. The number of benzene rings is 1. The van der Waals surface area contributed by atoms with Gasteiger partial charge in [-0.25, -0.2) is 4.99 Å². The largest absolute Gasteiger partial charge is 0.573 e. The molecule has 1 aromatic rings. The predicted molar refractivity (Wildman–Crippen MR) is 64.2 cm³/mol. The molecule has 2 rings (SSSR count). The molecule has 0 fully saturated rings. The van der Waals surface area contributed by atoms with Gasteiger partial charge < -0.3 is 9.47 Å². The average Bonchev–Trinajstić information content (AvgIpc) is 2.76. The van der Waals surface area contributed by atoms with Crippen LogP contribution >= 0.6 is 0 Å². The maximum absolute atomic E-state index is 12.3. The molecule has 1 atom stereocenters. The lowest BCUT2D eigenvalue weighted by molar-refractivity contribution is -0.274. The van der Waals surface area contributed by atoms with Crippen LogP contribution in [0.1, 0.15) is 19.4 Å². The van der Waals surface area contributed by atoms with Crippen LogP contribution in [0.3, 0.4) is 0 Å². The Hall–Kier alpha value is -1.72. The van der Waals surface area contributed by atoms with Gasteiger partial charge in [0, 0.05) is 0 Å². The minimum Gasteiger partial charge on any atom is -0.475 e. The first kappa shape index (κ1) is 13.7. The van der Waals surface area contributed by atoms with Gasteiger partial charge in [0.05, 0.1) is 11.6 Å². The van der Waals surface area contributed by atoms with Gasteiger partial charge in [0.25, 0.3) is 0 Å². The van der Waals surface area contributed by atoms with Gasteiger partial charge in [0.2, 0.25) is 5.90 Å². The van der Waals surface area contributed by atoms with Gasteiger partial charge in [-0.2, -0.15) is 0 Å². The van der Waals surface area contributed by atoms with E-state index in [4.69, 9.17) is 4.74 Å². The summed E-state index contributed by atoms with van der Waals surface area (Å²) in [5.74, 6) is 0.185. The molecule has 0 saturated carbocycles. The molecule has 0 aliphatic carbocycles. The van der Waals surface area contributed by atoms with Crippen molar-refractivity contribution >= 4 is 5.90 Å². The molecular formula is C13H14F3NO2. The van der Waals surface area contributed by atoms with E-state index in [0.717, 1.165) is 0 Å². The predicted octanol–water partition coefficient (Wildman–Crippen LogP) is 3.39. The zero-order chi connectivity index (χ0) is 14.0. The molecule has 104 valence electrons. The van der Waals surface area contributed by atoms with Crippen LogP contribution in [0.25, 0.3) is 0 Å². The van der Waals surface area contributed by atoms with Crippen molar-refractivity contribution in [3.05, 3.63) is 29.8 Å². The van der Waals surface area contributed by atoms with Crippen LogP contribution in [0.2, 0.25) is 0 Å². The number of hydrogen-bond acceptors (Lipinski definition) is 3. The summed E-state index contributed by atoms with van der Waals surface area (Å²) in [7, 11) is 0. The topological polar surface area (TPSA) is 30.8 Å². The lowest BCUT2D eigenvalue weighted by Gasteiger charge is -2.12. The van der Waals surface area contributed by atoms with E-state index in [1.165, 1.54) is 18.2 Å². The monoisotopic (exact) mass is 273 g/mol.